The molecular weight excluding hydrogens is 524 g/mol. The molecule has 0 saturated carbocycles. The number of likely N-dealkylation sites (N-methyl/N-ethyl adjacent to an activating group) is 2. The molecule has 1 amide bonds. The van der Waals surface area contributed by atoms with Gasteiger partial charge in [0.15, 0.2) is 0 Å². The lowest BCUT2D eigenvalue weighted by Gasteiger charge is -2.40. The summed E-state index contributed by atoms with van der Waals surface area (Å²) in [5.74, 6) is -0.786. The van der Waals surface area contributed by atoms with E-state index in [9.17, 15) is 14.4 Å². The van der Waals surface area contributed by atoms with Crippen LogP contribution in [0, 0.1) is 0 Å². The monoisotopic (exact) mass is 556 g/mol. The molecule has 1 aliphatic heterocycles. The fourth-order valence-corrected chi connectivity index (χ4v) is 5.70. The van der Waals surface area contributed by atoms with E-state index in [1.54, 1.807) is 50.3 Å². The molecule has 0 N–H and O–H groups in total. The molecule has 0 bridgehead atoms. The molecule has 1 fully saturated rings. The number of Topliss-reactive ketones (excluding diaryl/α,β-unsaturated/α-hetero) is 2. The molecule has 7 nitrogen and oxygen atoms in total. The quantitative estimate of drug-likeness (QED) is 0.431. The summed E-state index contributed by atoms with van der Waals surface area (Å²) in [6, 6.07) is 25.2. The Hall–Kier alpha value is -3.78. The number of fused-ring (bicyclic) bond motifs is 1. The zero-order valence-electron chi connectivity index (χ0n) is 23.0. The maximum absolute atomic E-state index is 13.5. The van der Waals surface area contributed by atoms with Gasteiger partial charge >= 0.3 is 0 Å². The maximum Gasteiger partial charge on any atom is 0.241 e. The van der Waals surface area contributed by atoms with Gasteiger partial charge in [0.05, 0.1) is 12.6 Å². The lowest BCUT2D eigenvalue weighted by molar-refractivity contribution is -0.129. The molecular formula is C32H33ClN4O3. The van der Waals surface area contributed by atoms with Crippen LogP contribution in [0.4, 0.5) is 0 Å². The average molecular weight is 557 g/mol. The number of nitrogens with zero attached hydrogens (tertiary/aromatic N) is 4. The molecule has 1 heterocycles. The number of rotatable bonds is 7. The minimum absolute atomic E-state index is 0.0812. The second-order valence-corrected chi connectivity index (χ2v) is 10.9. The third-order valence-electron chi connectivity index (χ3n) is 7.66. The van der Waals surface area contributed by atoms with Crippen molar-refractivity contribution in [3.8, 4) is 0 Å². The topological polar surface area (TPSA) is 64.2 Å². The number of benzene rings is 3. The number of halogens is 1. The molecule has 0 aromatic heterocycles. The van der Waals surface area contributed by atoms with Crippen LogP contribution in [0.2, 0.25) is 5.02 Å². The summed E-state index contributed by atoms with van der Waals surface area (Å²) >= 11 is 6.16. The lowest BCUT2D eigenvalue weighted by Crippen LogP contribution is -2.51. The van der Waals surface area contributed by atoms with Crippen molar-refractivity contribution in [1.29, 1.82) is 0 Å². The van der Waals surface area contributed by atoms with Crippen molar-refractivity contribution in [2.24, 2.45) is 0 Å². The first-order valence-corrected chi connectivity index (χ1v) is 13.8. The summed E-state index contributed by atoms with van der Waals surface area (Å²) in [4.78, 5) is 47.7. The van der Waals surface area contributed by atoms with Gasteiger partial charge in [0.2, 0.25) is 17.5 Å². The summed E-state index contributed by atoms with van der Waals surface area (Å²) in [6.07, 6.45) is 0. The van der Waals surface area contributed by atoms with Crippen molar-refractivity contribution in [3.05, 3.63) is 118 Å². The van der Waals surface area contributed by atoms with Gasteiger partial charge in [-0.05, 0) is 23.3 Å². The highest BCUT2D eigenvalue weighted by atomic mass is 35.5. The normalized spacial score (nSPS) is 17.0. The molecule has 2 aliphatic rings. The zero-order valence-corrected chi connectivity index (χ0v) is 23.8. The Morgan fingerprint density at radius 2 is 1.27 bits per heavy atom. The van der Waals surface area contributed by atoms with Gasteiger partial charge in [0, 0.05) is 63.5 Å². The van der Waals surface area contributed by atoms with E-state index in [1.807, 2.05) is 18.2 Å². The van der Waals surface area contributed by atoms with Crippen molar-refractivity contribution < 1.29 is 14.4 Å². The van der Waals surface area contributed by atoms with Gasteiger partial charge in [-0.25, -0.2) is 0 Å². The van der Waals surface area contributed by atoms with Crippen LogP contribution in [0.1, 0.15) is 37.9 Å². The second kappa shape index (κ2) is 11.8. The van der Waals surface area contributed by atoms with Crippen LogP contribution in [0.25, 0.3) is 0 Å². The molecule has 0 spiro atoms. The number of hydrogen-bond donors (Lipinski definition) is 0. The van der Waals surface area contributed by atoms with E-state index in [2.05, 4.69) is 46.2 Å². The summed E-state index contributed by atoms with van der Waals surface area (Å²) in [5.41, 5.74) is 3.44. The number of carbonyl (C=O) groups excluding carboxylic acids is 3. The van der Waals surface area contributed by atoms with E-state index in [-0.39, 0.29) is 41.5 Å². The first-order chi connectivity index (χ1) is 19.3. The molecule has 3 aromatic rings. The number of piperazine rings is 1. The number of hydrogen-bond acceptors (Lipinski definition) is 6. The molecule has 3 aromatic carbocycles. The largest absolute Gasteiger partial charge is 0.373 e. The van der Waals surface area contributed by atoms with E-state index < -0.39 is 0 Å². The molecule has 206 valence electrons. The molecule has 40 heavy (non-hydrogen) atoms. The minimum atomic E-state index is -0.312. The predicted molar refractivity (Wildman–Crippen MR) is 156 cm³/mol. The van der Waals surface area contributed by atoms with Crippen molar-refractivity contribution in [3.63, 3.8) is 0 Å². The fraction of sp³-hybridized carbons (Fsp3) is 0.281. The van der Waals surface area contributed by atoms with E-state index in [0.717, 1.165) is 13.1 Å². The molecule has 8 heteroatoms. The molecule has 1 aliphatic carbocycles. The van der Waals surface area contributed by atoms with Crippen molar-refractivity contribution in [2.45, 2.75) is 6.04 Å². The number of carbonyl (C=O) groups is 3. The summed E-state index contributed by atoms with van der Waals surface area (Å²) in [7, 11) is 5.02. The second-order valence-electron chi connectivity index (χ2n) is 10.4. The van der Waals surface area contributed by atoms with Gasteiger partial charge in [-0.3, -0.25) is 24.2 Å². The third kappa shape index (κ3) is 5.45. The van der Waals surface area contributed by atoms with Gasteiger partial charge in [-0.2, -0.15) is 0 Å². The highest BCUT2D eigenvalue weighted by molar-refractivity contribution is 6.30. The van der Waals surface area contributed by atoms with E-state index in [0.29, 0.717) is 29.2 Å². The van der Waals surface area contributed by atoms with Crippen LogP contribution in [-0.2, 0) is 4.79 Å². The highest BCUT2D eigenvalue weighted by Gasteiger charge is 2.37. The van der Waals surface area contributed by atoms with Crippen molar-refractivity contribution in [2.75, 3.05) is 53.9 Å². The number of amides is 1. The van der Waals surface area contributed by atoms with Crippen LogP contribution in [0.15, 0.2) is 90.3 Å². The molecule has 0 radical (unpaired) electrons. The smallest absolute Gasteiger partial charge is 0.241 e. The maximum atomic E-state index is 13.5. The van der Waals surface area contributed by atoms with Gasteiger partial charge in [-0.1, -0.05) is 78.3 Å². The fourth-order valence-electron chi connectivity index (χ4n) is 5.57. The molecule has 1 unspecified atom stereocenters. The Balaban J connectivity index is 1.30. The standard InChI is InChI=1S/C32H33ClN4O3/c1-34(2)29-30(32(40)26-12-8-7-11-25(26)31(29)39)35(3)27(38)21-36-17-19-37(20-18-36)28(22-9-5-4-6-10-22)23-13-15-24(33)16-14-23/h4-16,28H,17-21H2,1-3H3. The Morgan fingerprint density at radius 3 is 1.85 bits per heavy atom. The Kier molecular flexibility index (Phi) is 8.17. The SMILES string of the molecule is CN(C)C1=C(N(C)C(=O)CN2CCN(C(c3ccccc3)c3ccc(Cl)cc3)CC2)C(=O)c2ccccc2C1=O. The zero-order chi connectivity index (χ0) is 28.4. The first-order valence-electron chi connectivity index (χ1n) is 13.4. The van der Waals surface area contributed by atoms with Crippen LogP contribution < -0.4 is 0 Å². The van der Waals surface area contributed by atoms with Crippen molar-refractivity contribution >= 4 is 29.1 Å². The van der Waals surface area contributed by atoms with Crippen LogP contribution in [-0.4, -0.2) is 90.9 Å². The summed E-state index contributed by atoms with van der Waals surface area (Å²) in [5, 5.41) is 0.706. The number of ketones is 2. The molecule has 1 saturated heterocycles. The average Bonchev–Trinajstić information content (AvgIpc) is 2.97. The number of allylic oxidation sites excluding steroid dienone is 2. The van der Waals surface area contributed by atoms with Gasteiger partial charge in [-0.15, -0.1) is 0 Å². The third-order valence-corrected chi connectivity index (χ3v) is 7.91. The van der Waals surface area contributed by atoms with Gasteiger partial charge < -0.3 is 9.80 Å². The van der Waals surface area contributed by atoms with Crippen LogP contribution >= 0.6 is 11.6 Å². The predicted octanol–water partition coefficient (Wildman–Crippen LogP) is 4.36. The van der Waals surface area contributed by atoms with Gasteiger partial charge in [0.25, 0.3) is 0 Å². The minimum Gasteiger partial charge on any atom is -0.373 e. The Morgan fingerprint density at radius 1 is 0.750 bits per heavy atom. The molecule has 1 atom stereocenters. The van der Waals surface area contributed by atoms with Crippen molar-refractivity contribution in [1.82, 2.24) is 19.6 Å². The summed E-state index contributed by atoms with van der Waals surface area (Å²) < 4.78 is 0. The first kappa shape index (κ1) is 27.8. The van der Waals surface area contributed by atoms with E-state index in [1.165, 1.54) is 16.0 Å². The van der Waals surface area contributed by atoms with Crippen LogP contribution in [0.3, 0.4) is 0 Å². The van der Waals surface area contributed by atoms with Gasteiger partial charge in [0.1, 0.15) is 11.4 Å². The highest BCUT2D eigenvalue weighted by Crippen LogP contribution is 2.31. The van der Waals surface area contributed by atoms with E-state index >= 15 is 0 Å². The molecule has 5 rings (SSSR count). The van der Waals surface area contributed by atoms with E-state index in [4.69, 9.17) is 11.6 Å². The Bertz CT molecular complexity index is 1440. The lowest BCUT2D eigenvalue weighted by atomic mass is 9.89. The Labute approximate surface area is 240 Å². The summed E-state index contributed by atoms with van der Waals surface area (Å²) in [6.45, 7) is 3.11. The van der Waals surface area contributed by atoms with Crippen LogP contribution in [0.5, 0.6) is 0 Å².